The molecule has 0 aliphatic heterocycles. The van der Waals surface area contributed by atoms with E-state index in [0.29, 0.717) is 13.1 Å². The van der Waals surface area contributed by atoms with Crippen molar-refractivity contribution in [2.24, 2.45) is 0 Å². The fourth-order valence-corrected chi connectivity index (χ4v) is 2.07. The van der Waals surface area contributed by atoms with Gasteiger partial charge in [0.25, 0.3) is 0 Å². The Bertz CT molecular complexity index is 248. The van der Waals surface area contributed by atoms with Gasteiger partial charge in [0.15, 0.2) is 0 Å². The maximum absolute atomic E-state index is 9.88. The summed E-state index contributed by atoms with van der Waals surface area (Å²) in [6.07, 6.45) is 2.23. The standard InChI is InChI=1S/C10H18N2O2S/c1-2-3-12(4-5-13)7-9(14)10-6-11-8-15-10/h6,8-9,13-14H,2-5,7H2,1H3. The van der Waals surface area contributed by atoms with Gasteiger partial charge in [0.05, 0.1) is 17.0 Å². The average molecular weight is 230 g/mol. The molecular formula is C10H18N2O2S. The monoisotopic (exact) mass is 230 g/mol. The van der Waals surface area contributed by atoms with E-state index in [1.165, 1.54) is 11.3 Å². The molecule has 0 amide bonds. The van der Waals surface area contributed by atoms with Crippen molar-refractivity contribution >= 4 is 11.3 Å². The van der Waals surface area contributed by atoms with E-state index in [2.05, 4.69) is 16.8 Å². The molecule has 1 atom stereocenters. The van der Waals surface area contributed by atoms with Gasteiger partial charge < -0.3 is 10.2 Å². The van der Waals surface area contributed by atoms with Crippen LogP contribution in [0.25, 0.3) is 0 Å². The first-order valence-electron chi connectivity index (χ1n) is 5.17. The summed E-state index contributed by atoms with van der Waals surface area (Å²) in [5.74, 6) is 0. The predicted octanol–water partition coefficient (Wildman–Crippen LogP) is 0.881. The number of aliphatic hydroxyl groups is 2. The number of aromatic nitrogens is 1. The summed E-state index contributed by atoms with van der Waals surface area (Å²) in [5, 5.41) is 18.8. The lowest BCUT2D eigenvalue weighted by Crippen LogP contribution is -2.31. The molecule has 0 aliphatic rings. The van der Waals surface area contributed by atoms with Crippen LogP contribution < -0.4 is 0 Å². The summed E-state index contributed by atoms with van der Waals surface area (Å²) in [4.78, 5) is 6.88. The Hall–Kier alpha value is -0.490. The lowest BCUT2D eigenvalue weighted by Gasteiger charge is -2.22. The molecule has 0 bridgehead atoms. The molecule has 1 aromatic heterocycles. The van der Waals surface area contributed by atoms with Crippen LogP contribution in [0.3, 0.4) is 0 Å². The normalized spacial score (nSPS) is 13.3. The van der Waals surface area contributed by atoms with Crippen molar-refractivity contribution in [3.63, 3.8) is 0 Å². The lowest BCUT2D eigenvalue weighted by molar-refractivity contribution is 0.102. The molecule has 1 rings (SSSR count). The van der Waals surface area contributed by atoms with Crippen LogP contribution in [0.4, 0.5) is 0 Å². The van der Waals surface area contributed by atoms with Crippen LogP contribution in [0, 0.1) is 0 Å². The van der Waals surface area contributed by atoms with E-state index in [1.54, 1.807) is 11.7 Å². The summed E-state index contributed by atoms with van der Waals surface area (Å²) in [5.41, 5.74) is 1.72. The first kappa shape index (κ1) is 12.6. The van der Waals surface area contributed by atoms with E-state index < -0.39 is 6.10 Å². The minimum atomic E-state index is -0.490. The lowest BCUT2D eigenvalue weighted by atomic mass is 10.2. The highest BCUT2D eigenvalue weighted by molar-refractivity contribution is 7.09. The van der Waals surface area contributed by atoms with E-state index in [0.717, 1.165) is 17.8 Å². The summed E-state index contributed by atoms with van der Waals surface area (Å²) in [7, 11) is 0. The molecule has 4 nitrogen and oxygen atoms in total. The molecule has 2 N–H and O–H groups in total. The van der Waals surface area contributed by atoms with Gasteiger partial charge in [0.1, 0.15) is 6.10 Å². The van der Waals surface area contributed by atoms with E-state index in [-0.39, 0.29) is 6.61 Å². The van der Waals surface area contributed by atoms with E-state index in [4.69, 9.17) is 5.11 Å². The maximum atomic E-state index is 9.88. The third-order valence-electron chi connectivity index (χ3n) is 2.17. The quantitative estimate of drug-likeness (QED) is 0.730. The Morgan fingerprint density at radius 2 is 2.33 bits per heavy atom. The van der Waals surface area contributed by atoms with E-state index in [9.17, 15) is 5.11 Å². The number of rotatable bonds is 7. The molecule has 0 fully saturated rings. The third kappa shape index (κ3) is 4.25. The van der Waals surface area contributed by atoms with Crippen LogP contribution in [0.15, 0.2) is 11.7 Å². The molecule has 0 saturated carbocycles. The van der Waals surface area contributed by atoms with Gasteiger partial charge in [0.2, 0.25) is 0 Å². The zero-order valence-corrected chi connectivity index (χ0v) is 9.78. The minimum Gasteiger partial charge on any atom is -0.395 e. The van der Waals surface area contributed by atoms with Gasteiger partial charge in [-0.25, -0.2) is 0 Å². The molecule has 1 heterocycles. The predicted molar refractivity (Wildman–Crippen MR) is 60.9 cm³/mol. The highest BCUT2D eigenvalue weighted by atomic mass is 32.1. The van der Waals surface area contributed by atoms with Crippen molar-refractivity contribution in [1.82, 2.24) is 9.88 Å². The summed E-state index contributed by atoms with van der Waals surface area (Å²) < 4.78 is 0. The number of thiazole rings is 1. The fourth-order valence-electron chi connectivity index (χ4n) is 1.48. The summed E-state index contributed by atoms with van der Waals surface area (Å²) in [6, 6.07) is 0. The number of aliphatic hydroxyl groups excluding tert-OH is 2. The van der Waals surface area contributed by atoms with Crippen molar-refractivity contribution in [2.75, 3.05) is 26.2 Å². The highest BCUT2D eigenvalue weighted by Crippen LogP contribution is 2.17. The van der Waals surface area contributed by atoms with Crippen molar-refractivity contribution in [1.29, 1.82) is 0 Å². The van der Waals surface area contributed by atoms with E-state index in [1.807, 2.05) is 0 Å². The molecule has 5 heteroatoms. The van der Waals surface area contributed by atoms with Crippen LogP contribution in [0.2, 0.25) is 0 Å². The molecule has 1 unspecified atom stereocenters. The highest BCUT2D eigenvalue weighted by Gasteiger charge is 2.13. The second kappa shape index (κ2) is 6.90. The Morgan fingerprint density at radius 3 is 2.87 bits per heavy atom. The zero-order chi connectivity index (χ0) is 11.1. The molecule has 0 radical (unpaired) electrons. The van der Waals surface area contributed by atoms with Gasteiger partial charge in [-0.2, -0.15) is 0 Å². The number of hydrogen-bond acceptors (Lipinski definition) is 5. The van der Waals surface area contributed by atoms with Gasteiger partial charge in [-0.05, 0) is 13.0 Å². The summed E-state index contributed by atoms with van der Waals surface area (Å²) in [6.45, 7) is 4.30. The Kier molecular flexibility index (Phi) is 5.78. The van der Waals surface area contributed by atoms with Gasteiger partial charge in [0, 0.05) is 19.3 Å². The second-order valence-electron chi connectivity index (χ2n) is 3.44. The van der Waals surface area contributed by atoms with Crippen molar-refractivity contribution in [3.8, 4) is 0 Å². The molecule has 15 heavy (non-hydrogen) atoms. The molecule has 0 spiro atoms. The van der Waals surface area contributed by atoms with Crippen LogP contribution in [0.1, 0.15) is 24.3 Å². The number of nitrogens with zero attached hydrogens (tertiary/aromatic N) is 2. The Balaban J connectivity index is 2.43. The van der Waals surface area contributed by atoms with Crippen LogP contribution >= 0.6 is 11.3 Å². The topological polar surface area (TPSA) is 56.6 Å². The smallest absolute Gasteiger partial charge is 0.102 e. The molecular weight excluding hydrogens is 212 g/mol. The zero-order valence-electron chi connectivity index (χ0n) is 8.96. The van der Waals surface area contributed by atoms with Gasteiger partial charge in [-0.1, -0.05) is 6.92 Å². The van der Waals surface area contributed by atoms with Gasteiger partial charge >= 0.3 is 0 Å². The molecule has 1 aromatic rings. The van der Waals surface area contributed by atoms with Crippen molar-refractivity contribution in [3.05, 3.63) is 16.6 Å². The van der Waals surface area contributed by atoms with Crippen molar-refractivity contribution in [2.45, 2.75) is 19.4 Å². The average Bonchev–Trinajstić information content (AvgIpc) is 2.71. The van der Waals surface area contributed by atoms with Gasteiger partial charge in [-0.3, -0.25) is 9.88 Å². The first-order chi connectivity index (χ1) is 7.27. The first-order valence-corrected chi connectivity index (χ1v) is 6.05. The van der Waals surface area contributed by atoms with Crippen LogP contribution in [0.5, 0.6) is 0 Å². The molecule has 0 saturated heterocycles. The maximum Gasteiger partial charge on any atom is 0.102 e. The molecule has 0 aromatic carbocycles. The molecule has 86 valence electrons. The number of hydrogen-bond donors (Lipinski definition) is 2. The van der Waals surface area contributed by atoms with Crippen molar-refractivity contribution < 1.29 is 10.2 Å². The Labute approximate surface area is 94.2 Å². The Morgan fingerprint density at radius 1 is 1.53 bits per heavy atom. The van der Waals surface area contributed by atoms with Crippen LogP contribution in [-0.2, 0) is 0 Å². The third-order valence-corrected chi connectivity index (χ3v) is 3.04. The van der Waals surface area contributed by atoms with E-state index >= 15 is 0 Å². The second-order valence-corrected chi connectivity index (χ2v) is 4.36. The van der Waals surface area contributed by atoms with Gasteiger partial charge in [-0.15, -0.1) is 11.3 Å². The molecule has 0 aliphatic carbocycles. The largest absolute Gasteiger partial charge is 0.395 e. The minimum absolute atomic E-state index is 0.134. The van der Waals surface area contributed by atoms with Crippen LogP contribution in [-0.4, -0.2) is 46.3 Å². The summed E-state index contributed by atoms with van der Waals surface area (Å²) >= 11 is 1.46. The fraction of sp³-hybridized carbons (Fsp3) is 0.700. The SMILES string of the molecule is CCCN(CCO)CC(O)c1cncs1.